The van der Waals surface area contributed by atoms with Crippen LogP contribution in [0.3, 0.4) is 0 Å². The third-order valence-electron chi connectivity index (χ3n) is 5.31. The van der Waals surface area contributed by atoms with Crippen LogP contribution in [0.4, 0.5) is 10.5 Å². The molecule has 0 unspecified atom stereocenters. The van der Waals surface area contributed by atoms with Crippen LogP contribution in [-0.4, -0.2) is 29.9 Å². The monoisotopic (exact) mass is 328 g/mol. The largest absolute Gasteiger partial charge is 0.487 e. The molecule has 2 aliphatic heterocycles. The van der Waals surface area contributed by atoms with Crippen LogP contribution in [0.2, 0.25) is 0 Å². The molecule has 1 aliphatic carbocycles. The molecule has 126 valence electrons. The predicted molar refractivity (Wildman–Crippen MR) is 87.1 cm³/mol. The van der Waals surface area contributed by atoms with E-state index in [0.717, 1.165) is 42.7 Å². The first-order valence-corrected chi connectivity index (χ1v) is 8.50. The molecule has 3 amide bonds. The Balaban J connectivity index is 1.58. The molecule has 2 heterocycles. The zero-order valence-corrected chi connectivity index (χ0v) is 13.5. The van der Waals surface area contributed by atoms with Crippen molar-refractivity contribution in [2.45, 2.75) is 50.5 Å². The first-order chi connectivity index (χ1) is 11.5. The molecule has 1 N–H and O–H groups in total. The van der Waals surface area contributed by atoms with Gasteiger partial charge in [-0.05, 0) is 37.3 Å². The van der Waals surface area contributed by atoms with E-state index in [4.69, 9.17) is 4.74 Å². The Bertz CT molecular complexity index is 718. The topological polar surface area (TPSA) is 75.7 Å². The molecular weight excluding hydrogens is 308 g/mol. The lowest BCUT2D eigenvalue weighted by Crippen LogP contribution is -2.49. The van der Waals surface area contributed by atoms with Crippen molar-refractivity contribution in [2.24, 2.45) is 0 Å². The highest BCUT2D eigenvalue weighted by Crippen LogP contribution is 2.42. The van der Waals surface area contributed by atoms with Gasteiger partial charge in [-0.1, -0.05) is 6.07 Å². The number of hydrogen-bond acceptors (Lipinski definition) is 4. The molecule has 1 saturated carbocycles. The standard InChI is InChI=1S/C18H20N2O4/c21-14-4-8-18(9-5-14)7-3-12-1-2-13(11-15(12)24-18)20-10-6-16(22)19-17(20)23/h1-2,11H,3-10H2,(H,19,22,23). The minimum atomic E-state index is -0.389. The Kier molecular flexibility index (Phi) is 3.55. The minimum Gasteiger partial charge on any atom is -0.487 e. The number of benzene rings is 1. The lowest BCUT2D eigenvalue weighted by molar-refractivity contribution is -0.125. The average Bonchev–Trinajstić information content (AvgIpc) is 2.57. The molecule has 6 nitrogen and oxygen atoms in total. The first-order valence-electron chi connectivity index (χ1n) is 8.50. The average molecular weight is 328 g/mol. The normalized spacial score (nSPS) is 22.8. The summed E-state index contributed by atoms with van der Waals surface area (Å²) in [4.78, 5) is 36.4. The number of ether oxygens (including phenoxy) is 1. The third-order valence-corrected chi connectivity index (χ3v) is 5.31. The van der Waals surface area contributed by atoms with E-state index in [1.54, 1.807) is 4.90 Å². The second kappa shape index (κ2) is 5.61. The Morgan fingerprint density at radius 3 is 2.50 bits per heavy atom. The van der Waals surface area contributed by atoms with Gasteiger partial charge in [0.15, 0.2) is 0 Å². The van der Waals surface area contributed by atoms with Crippen LogP contribution in [-0.2, 0) is 16.0 Å². The summed E-state index contributed by atoms with van der Waals surface area (Å²) in [6, 6.07) is 5.40. The van der Waals surface area contributed by atoms with Gasteiger partial charge in [0.2, 0.25) is 5.91 Å². The van der Waals surface area contributed by atoms with Crippen molar-refractivity contribution >= 4 is 23.4 Å². The van der Waals surface area contributed by atoms with E-state index in [9.17, 15) is 14.4 Å². The summed E-state index contributed by atoms with van der Waals surface area (Å²) in [6.07, 6.45) is 4.88. The quantitative estimate of drug-likeness (QED) is 0.858. The summed E-state index contributed by atoms with van der Waals surface area (Å²) in [5.74, 6) is 0.882. The number of amides is 3. The maximum Gasteiger partial charge on any atom is 0.328 e. The van der Waals surface area contributed by atoms with E-state index < -0.39 is 0 Å². The van der Waals surface area contributed by atoms with E-state index in [1.807, 2.05) is 18.2 Å². The van der Waals surface area contributed by atoms with Crippen molar-refractivity contribution in [1.82, 2.24) is 5.32 Å². The van der Waals surface area contributed by atoms with Crippen molar-refractivity contribution in [3.63, 3.8) is 0 Å². The van der Waals surface area contributed by atoms with Gasteiger partial charge in [0.1, 0.15) is 17.1 Å². The number of imide groups is 1. The lowest BCUT2D eigenvalue weighted by Gasteiger charge is -2.41. The number of aryl methyl sites for hydroxylation is 1. The van der Waals surface area contributed by atoms with Crippen LogP contribution in [0.15, 0.2) is 18.2 Å². The second-order valence-electron chi connectivity index (χ2n) is 6.87. The van der Waals surface area contributed by atoms with Crippen molar-refractivity contribution in [3.05, 3.63) is 23.8 Å². The van der Waals surface area contributed by atoms with Crippen LogP contribution in [0.1, 0.15) is 44.1 Å². The summed E-state index contributed by atoms with van der Waals surface area (Å²) in [5, 5.41) is 2.34. The maximum absolute atomic E-state index is 12.0. The summed E-state index contributed by atoms with van der Waals surface area (Å²) in [7, 11) is 0. The van der Waals surface area contributed by atoms with Gasteiger partial charge in [-0.15, -0.1) is 0 Å². The van der Waals surface area contributed by atoms with E-state index >= 15 is 0 Å². The summed E-state index contributed by atoms with van der Waals surface area (Å²) < 4.78 is 6.32. The molecule has 1 spiro atoms. The number of carbonyl (C=O) groups excluding carboxylic acids is 3. The molecule has 3 aliphatic rings. The van der Waals surface area contributed by atoms with E-state index in [2.05, 4.69) is 5.32 Å². The minimum absolute atomic E-state index is 0.236. The fourth-order valence-electron chi connectivity index (χ4n) is 3.81. The molecule has 1 aromatic carbocycles. The Labute approximate surface area is 140 Å². The number of hydrogen-bond donors (Lipinski definition) is 1. The zero-order valence-electron chi connectivity index (χ0n) is 13.5. The summed E-state index contributed by atoms with van der Waals surface area (Å²) in [5.41, 5.74) is 1.64. The number of fused-ring (bicyclic) bond motifs is 1. The maximum atomic E-state index is 12.0. The number of Topliss-reactive ketones (excluding diaryl/α,β-unsaturated/α-hetero) is 1. The predicted octanol–water partition coefficient (Wildman–Crippen LogP) is 2.34. The van der Waals surface area contributed by atoms with Gasteiger partial charge in [-0.25, -0.2) is 4.79 Å². The number of rotatable bonds is 1. The van der Waals surface area contributed by atoms with E-state index in [-0.39, 0.29) is 17.5 Å². The van der Waals surface area contributed by atoms with Crippen LogP contribution >= 0.6 is 0 Å². The van der Waals surface area contributed by atoms with Crippen LogP contribution in [0.5, 0.6) is 5.75 Å². The molecule has 24 heavy (non-hydrogen) atoms. The molecular formula is C18H20N2O4. The van der Waals surface area contributed by atoms with Crippen LogP contribution in [0, 0.1) is 0 Å². The molecule has 4 rings (SSSR count). The highest BCUT2D eigenvalue weighted by Gasteiger charge is 2.39. The lowest BCUT2D eigenvalue weighted by atomic mass is 9.78. The van der Waals surface area contributed by atoms with Gasteiger partial charge in [-0.3, -0.25) is 19.8 Å². The Morgan fingerprint density at radius 1 is 1.00 bits per heavy atom. The van der Waals surface area contributed by atoms with Gasteiger partial charge in [0, 0.05) is 37.6 Å². The van der Waals surface area contributed by atoms with Crippen molar-refractivity contribution in [2.75, 3.05) is 11.4 Å². The van der Waals surface area contributed by atoms with Gasteiger partial charge < -0.3 is 4.74 Å². The molecule has 1 aromatic rings. The van der Waals surface area contributed by atoms with Crippen molar-refractivity contribution in [1.29, 1.82) is 0 Å². The number of carbonyl (C=O) groups is 3. The van der Waals surface area contributed by atoms with Gasteiger partial charge in [-0.2, -0.15) is 0 Å². The highest BCUT2D eigenvalue weighted by molar-refractivity contribution is 6.05. The summed E-state index contributed by atoms with van der Waals surface area (Å²) in [6.45, 7) is 0.378. The number of nitrogens with zero attached hydrogens (tertiary/aromatic N) is 1. The number of urea groups is 1. The van der Waals surface area contributed by atoms with Gasteiger partial charge in [0.05, 0.1) is 0 Å². The van der Waals surface area contributed by atoms with Gasteiger partial charge >= 0.3 is 6.03 Å². The van der Waals surface area contributed by atoms with Crippen molar-refractivity contribution < 1.29 is 19.1 Å². The second-order valence-corrected chi connectivity index (χ2v) is 6.87. The molecule has 2 fully saturated rings. The fourth-order valence-corrected chi connectivity index (χ4v) is 3.81. The third kappa shape index (κ3) is 2.66. The molecule has 6 heteroatoms. The van der Waals surface area contributed by atoms with Crippen molar-refractivity contribution in [3.8, 4) is 5.75 Å². The SMILES string of the molecule is O=C1CCC2(CC1)CCc1ccc(N3CCC(=O)NC3=O)cc1O2. The number of anilines is 1. The molecule has 0 atom stereocenters. The van der Waals surface area contributed by atoms with E-state index in [1.165, 1.54) is 0 Å². The number of nitrogens with one attached hydrogen (secondary N) is 1. The number of ketones is 1. The first kappa shape index (κ1) is 15.2. The molecule has 0 bridgehead atoms. The van der Waals surface area contributed by atoms with E-state index in [0.29, 0.717) is 31.6 Å². The zero-order chi connectivity index (χ0) is 16.7. The molecule has 1 saturated heterocycles. The van der Waals surface area contributed by atoms with Crippen LogP contribution < -0.4 is 15.0 Å². The Morgan fingerprint density at radius 2 is 1.75 bits per heavy atom. The summed E-state index contributed by atoms with van der Waals surface area (Å²) >= 11 is 0. The smallest absolute Gasteiger partial charge is 0.328 e. The Hall–Kier alpha value is -2.37. The molecule has 0 aromatic heterocycles. The molecule has 0 radical (unpaired) electrons. The van der Waals surface area contributed by atoms with Crippen LogP contribution in [0.25, 0.3) is 0 Å². The fraction of sp³-hybridized carbons (Fsp3) is 0.500. The van der Waals surface area contributed by atoms with Gasteiger partial charge in [0.25, 0.3) is 0 Å². The highest BCUT2D eigenvalue weighted by atomic mass is 16.5.